The Bertz CT molecular complexity index is 878. The van der Waals surface area contributed by atoms with Crippen LogP contribution in [0.4, 0.5) is 0 Å². The van der Waals surface area contributed by atoms with Gasteiger partial charge in [-0.2, -0.15) is 0 Å². The zero-order valence-corrected chi connectivity index (χ0v) is 15.5. The quantitative estimate of drug-likeness (QED) is 0.406. The average molecular weight is 388 g/mol. The molecule has 0 unspecified atom stereocenters. The molecule has 0 saturated heterocycles. The number of ether oxygens (including phenoxy) is 2. The SMILES string of the molecule is CCCCOC(=O)CN1C(=O)c2ccc(Oc3ccc(Cl)cc3)cc2C1=O. The number of rotatable bonds is 7. The van der Waals surface area contributed by atoms with Gasteiger partial charge in [-0.15, -0.1) is 0 Å². The van der Waals surface area contributed by atoms with Gasteiger partial charge in [0, 0.05) is 5.02 Å². The van der Waals surface area contributed by atoms with Crippen LogP contribution in [0.2, 0.25) is 5.02 Å². The Morgan fingerprint density at radius 1 is 1.00 bits per heavy atom. The fraction of sp³-hybridized carbons (Fsp3) is 0.250. The first kappa shape index (κ1) is 18.9. The largest absolute Gasteiger partial charge is 0.464 e. The zero-order chi connectivity index (χ0) is 19.4. The lowest BCUT2D eigenvalue weighted by molar-refractivity contribution is -0.144. The summed E-state index contributed by atoms with van der Waals surface area (Å²) in [7, 11) is 0. The van der Waals surface area contributed by atoms with Gasteiger partial charge in [0.15, 0.2) is 0 Å². The van der Waals surface area contributed by atoms with E-state index in [1.165, 1.54) is 12.1 Å². The number of hydrogen-bond donors (Lipinski definition) is 0. The summed E-state index contributed by atoms with van der Waals surface area (Å²) in [5.74, 6) is -0.697. The number of amides is 2. The average Bonchev–Trinajstić information content (AvgIpc) is 2.88. The number of carbonyl (C=O) groups is 3. The van der Waals surface area contributed by atoms with Gasteiger partial charge in [-0.05, 0) is 48.9 Å². The minimum atomic E-state index is -0.601. The Kier molecular flexibility index (Phi) is 5.76. The lowest BCUT2D eigenvalue weighted by Crippen LogP contribution is -2.35. The highest BCUT2D eigenvalue weighted by molar-refractivity contribution is 6.30. The zero-order valence-electron chi connectivity index (χ0n) is 14.7. The number of esters is 1. The summed E-state index contributed by atoms with van der Waals surface area (Å²) in [6.45, 7) is 1.85. The van der Waals surface area contributed by atoms with Gasteiger partial charge in [-0.1, -0.05) is 24.9 Å². The van der Waals surface area contributed by atoms with Gasteiger partial charge in [0.05, 0.1) is 17.7 Å². The fourth-order valence-electron chi connectivity index (χ4n) is 2.62. The highest BCUT2D eigenvalue weighted by atomic mass is 35.5. The van der Waals surface area contributed by atoms with Crippen molar-refractivity contribution < 1.29 is 23.9 Å². The molecule has 0 bridgehead atoms. The van der Waals surface area contributed by atoms with Crippen LogP contribution in [-0.2, 0) is 9.53 Å². The number of carbonyl (C=O) groups excluding carboxylic acids is 3. The molecule has 0 fully saturated rings. The molecule has 1 aliphatic heterocycles. The standard InChI is InChI=1S/C20H18ClNO5/c1-2-3-10-26-18(23)12-22-19(24)16-9-8-15(11-17(16)20(22)25)27-14-6-4-13(21)5-7-14/h4-9,11H,2-3,10,12H2,1H3. The van der Waals surface area contributed by atoms with Crippen LogP contribution >= 0.6 is 11.6 Å². The van der Waals surface area contributed by atoms with Gasteiger partial charge >= 0.3 is 5.97 Å². The third kappa shape index (κ3) is 4.28. The van der Waals surface area contributed by atoms with Gasteiger partial charge in [-0.25, -0.2) is 0 Å². The monoisotopic (exact) mass is 387 g/mol. The van der Waals surface area contributed by atoms with E-state index in [2.05, 4.69) is 0 Å². The summed E-state index contributed by atoms with van der Waals surface area (Å²) < 4.78 is 10.7. The number of benzene rings is 2. The molecule has 140 valence electrons. The molecule has 0 atom stereocenters. The Labute approximate surface area is 161 Å². The van der Waals surface area contributed by atoms with E-state index in [-0.39, 0.29) is 17.7 Å². The first-order chi connectivity index (χ1) is 13.0. The van der Waals surface area contributed by atoms with Crippen molar-refractivity contribution in [3.63, 3.8) is 0 Å². The molecule has 0 N–H and O–H groups in total. The lowest BCUT2D eigenvalue weighted by Gasteiger charge is -2.12. The molecule has 0 aromatic heterocycles. The Balaban J connectivity index is 1.72. The smallest absolute Gasteiger partial charge is 0.326 e. The van der Waals surface area contributed by atoms with Crippen molar-refractivity contribution in [3.8, 4) is 11.5 Å². The van der Waals surface area contributed by atoms with Crippen molar-refractivity contribution in [2.24, 2.45) is 0 Å². The van der Waals surface area contributed by atoms with Crippen molar-refractivity contribution in [3.05, 3.63) is 58.6 Å². The molecule has 7 heteroatoms. The fourth-order valence-corrected chi connectivity index (χ4v) is 2.75. The molecular formula is C20H18ClNO5. The second-order valence-electron chi connectivity index (χ2n) is 6.03. The summed E-state index contributed by atoms with van der Waals surface area (Å²) in [5.41, 5.74) is 0.442. The van der Waals surface area contributed by atoms with E-state index in [9.17, 15) is 14.4 Å². The van der Waals surface area contributed by atoms with Gasteiger partial charge in [0.1, 0.15) is 18.0 Å². The van der Waals surface area contributed by atoms with E-state index >= 15 is 0 Å². The van der Waals surface area contributed by atoms with Crippen LogP contribution in [0.15, 0.2) is 42.5 Å². The number of halogens is 1. The third-order valence-electron chi connectivity index (χ3n) is 4.04. The molecule has 3 rings (SSSR count). The maximum atomic E-state index is 12.5. The summed E-state index contributed by atoms with van der Waals surface area (Å²) in [6.07, 6.45) is 1.62. The van der Waals surface area contributed by atoms with Crippen LogP contribution in [0.5, 0.6) is 11.5 Å². The predicted octanol–water partition coefficient (Wildman–Crippen LogP) is 4.07. The highest BCUT2D eigenvalue weighted by Gasteiger charge is 2.37. The molecule has 0 saturated carbocycles. The van der Waals surface area contributed by atoms with E-state index in [1.54, 1.807) is 30.3 Å². The van der Waals surface area contributed by atoms with Crippen molar-refractivity contribution in [1.82, 2.24) is 4.90 Å². The van der Waals surface area contributed by atoms with Crippen molar-refractivity contribution in [2.45, 2.75) is 19.8 Å². The first-order valence-electron chi connectivity index (χ1n) is 8.59. The number of imide groups is 1. The normalized spacial score (nSPS) is 12.9. The second-order valence-corrected chi connectivity index (χ2v) is 6.47. The lowest BCUT2D eigenvalue weighted by atomic mass is 10.1. The van der Waals surface area contributed by atoms with Crippen LogP contribution < -0.4 is 4.74 Å². The van der Waals surface area contributed by atoms with Crippen LogP contribution in [0, 0.1) is 0 Å². The van der Waals surface area contributed by atoms with Gasteiger partial charge in [0.2, 0.25) is 0 Å². The summed E-state index contributed by atoms with van der Waals surface area (Å²) >= 11 is 5.84. The van der Waals surface area contributed by atoms with Gasteiger partial charge in [-0.3, -0.25) is 19.3 Å². The Hall–Kier alpha value is -2.86. The summed E-state index contributed by atoms with van der Waals surface area (Å²) in [4.78, 5) is 37.7. The highest BCUT2D eigenvalue weighted by Crippen LogP contribution is 2.29. The number of unbranched alkanes of at least 4 members (excludes halogenated alkanes) is 1. The first-order valence-corrected chi connectivity index (χ1v) is 8.96. The van der Waals surface area contributed by atoms with Crippen LogP contribution in [0.25, 0.3) is 0 Å². The van der Waals surface area contributed by atoms with E-state index < -0.39 is 24.3 Å². The number of hydrogen-bond acceptors (Lipinski definition) is 5. The molecule has 0 spiro atoms. The number of nitrogens with zero attached hydrogens (tertiary/aromatic N) is 1. The van der Waals surface area contributed by atoms with Crippen LogP contribution in [0.3, 0.4) is 0 Å². The molecule has 0 radical (unpaired) electrons. The Morgan fingerprint density at radius 2 is 1.67 bits per heavy atom. The van der Waals surface area contributed by atoms with E-state index in [0.29, 0.717) is 16.5 Å². The van der Waals surface area contributed by atoms with Gasteiger partial charge < -0.3 is 9.47 Å². The minimum Gasteiger partial charge on any atom is -0.464 e. The number of fused-ring (bicyclic) bond motifs is 1. The van der Waals surface area contributed by atoms with E-state index in [1.807, 2.05) is 6.92 Å². The molecular weight excluding hydrogens is 370 g/mol. The van der Waals surface area contributed by atoms with E-state index in [4.69, 9.17) is 21.1 Å². The van der Waals surface area contributed by atoms with Crippen LogP contribution in [0.1, 0.15) is 40.5 Å². The predicted molar refractivity (Wildman–Crippen MR) is 99.2 cm³/mol. The molecule has 27 heavy (non-hydrogen) atoms. The van der Waals surface area contributed by atoms with Crippen molar-refractivity contribution in [2.75, 3.05) is 13.2 Å². The van der Waals surface area contributed by atoms with Gasteiger partial charge in [0.25, 0.3) is 11.8 Å². The molecule has 6 nitrogen and oxygen atoms in total. The topological polar surface area (TPSA) is 72.9 Å². The Morgan fingerprint density at radius 3 is 2.37 bits per heavy atom. The van der Waals surface area contributed by atoms with Crippen molar-refractivity contribution in [1.29, 1.82) is 0 Å². The second kappa shape index (κ2) is 8.22. The molecule has 1 aliphatic rings. The summed E-state index contributed by atoms with van der Waals surface area (Å²) in [6, 6.07) is 11.4. The minimum absolute atomic E-state index is 0.202. The molecule has 2 aromatic carbocycles. The summed E-state index contributed by atoms with van der Waals surface area (Å²) in [5, 5.41) is 0.582. The third-order valence-corrected chi connectivity index (χ3v) is 4.29. The van der Waals surface area contributed by atoms with E-state index in [0.717, 1.165) is 17.7 Å². The molecule has 0 aliphatic carbocycles. The maximum absolute atomic E-state index is 12.5. The van der Waals surface area contributed by atoms with Crippen LogP contribution in [-0.4, -0.2) is 35.8 Å². The molecule has 2 aromatic rings. The molecule has 2 amide bonds. The van der Waals surface area contributed by atoms with Crippen molar-refractivity contribution >= 4 is 29.4 Å². The molecule has 1 heterocycles. The maximum Gasteiger partial charge on any atom is 0.326 e.